The highest BCUT2D eigenvalue weighted by molar-refractivity contribution is 6.32. The fourth-order valence-corrected chi connectivity index (χ4v) is 1.24. The number of rotatable bonds is 3. The molecule has 0 saturated carbocycles. The summed E-state index contributed by atoms with van der Waals surface area (Å²) in [6.07, 6.45) is 1.68. The average Bonchev–Trinajstić information content (AvgIpc) is 2.32. The lowest BCUT2D eigenvalue weighted by molar-refractivity contribution is 0.300. The maximum absolute atomic E-state index is 13.1. The lowest BCUT2D eigenvalue weighted by Crippen LogP contribution is -2.08. The molecule has 0 atom stereocenters. The minimum absolute atomic E-state index is 0.116. The van der Waals surface area contributed by atoms with Crippen LogP contribution in [0.5, 0.6) is 5.75 Å². The van der Waals surface area contributed by atoms with Crippen LogP contribution in [0.3, 0.4) is 0 Å². The van der Waals surface area contributed by atoms with Crippen molar-refractivity contribution in [2.24, 2.45) is 0 Å². The van der Waals surface area contributed by atoms with E-state index in [1.165, 1.54) is 12.1 Å². The third-order valence-corrected chi connectivity index (χ3v) is 2.08. The fraction of sp³-hybridized carbons (Fsp3) is 0.0833. The second-order valence-electron chi connectivity index (χ2n) is 3.29. The number of halogens is 1. The van der Waals surface area contributed by atoms with E-state index in [1.54, 1.807) is 12.3 Å². The first-order chi connectivity index (χ1) is 7.75. The quantitative estimate of drug-likeness (QED) is 0.722. The molecule has 0 spiro atoms. The normalized spacial score (nSPS) is 10.1. The van der Waals surface area contributed by atoms with E-state index in [9.17, 15) is 4.39 Å². The van der Waals surface area contributed by atoms with E-state index in [1.807, 2.05) is 18.2 Å². The van der Waals surface area contributed by atoms with Gasteiger partial charge in [-0.25, -0.2) is 4.39 Å². The standard InChI is InChI=1S/C12H9BFNO/c13-11-5-4-10(7-12(11)14)16-8-9-3-1-2-6-15-9/h1-7H,8H2. The lowest BCUT2D eigenvalue weighted by Gasteiger charge is -2.06. The topological polar surface area (TPSA) is 22.1 Å². The molecular weight excluding hydrogens is 204 g/mol. The summed E-state index contributed by atoms with van der Waals surface area (Å²) in [6, 6.07) is 9.90. The number of nitrogens with zero attached hydrogens (tertiary/aromatic N) is 1. The molecule has 0 aliphatic rings. The first-order valence-corrected chi connectivity index (χ1v) is 4.83. The van der Waals surface area contributed by atoms with Crippen LogP contribution in [0.1, 0.15) is 5.69 Å². The molecule has 0 unspecified atom stereocenters. The van der Waals surface area contributed by atoms with Crippen LogP contribution in [-0.2, 0) is 6.61 Å². The number of hydrogen-bond acceptors (Lipinski definition) is 2. The van der Waals surface area contributed by atoms with Crippen LogP contribution < -0.4 is 10.2 Å². The molecule has 0 fully saturated rings. The highest BCUT2D eigenvalue weighted by Crippen LogP contribution is 2.11. The van der Waals surface area contributed by atoms with E-state index in [0.717, 1.165) is 5.69 Å². The van der Waals surface area contributed by atoms with Gasteiger partial charge in [0.15, 0.2) is 0 Å². The minimum Gasteiger partial charge on any atom is -0.487 e. The SMILES string of the molecule is [B]c1ccc(OCc2ccccn2)cc1F. The molecule has 16 heavy (non-hydrogen) atoms. The van der Waals surface area contributed by atoms with Gasteiger partial charge < -0.3 is 4.74 Å². The van der Waals surface area contributed by atoms with Crippen LogP contribution in [0, 0.1) is 5.82 Å². The summed E-state index contributed by atoms with van der Waals surface area (Å²) in [5, 5.41) is 0. The zero-order valence-electron chi connectivity index (χ0n) is 8.56. The number of hydrogen-bond donors (Lipinski definition) is 0. The summed E-state index contributed by atoms with van der Waals surface area (Å²) in [5.74, 6) is -0.0316. The highest BCUT2D eigenvalue weighted by atomic mass is 19.1. The van der Waals surface area contributed by atoms with Crippen LogP contribution in [0.4, 0.5) is 4.39 Å². The van der Waals surface area contributed by atoms with Gasteiger partial charge in [-0.1, -0.05) is 17.6 Å². The molecule has 2 nitrogen and oxygen atoms in total. The van der Waals surface area contributed by atoms with Gasteiger partial charge in [0, 0.05) is 12.3 Å². The van der Waals surface area contributed by atoms with Crippen molar-refractivity contribution in [1.82, 2.24) is 4.98 Å². The van der Waals surface area contributed by atoms with E-state index < -0.39 is 5.82 Å². The van der Waals surface area contributed by atoms with Gasteiger partial charge in [0.05, 0.1) is 5.69 Å². The predicted octanol–water partition coefficient (Wildman–Crippen LogP) is 1.59. The Hall–Kier alpha value is -1.84. The Bertz CT molecular complexity index is 476. The fourth-order valence-electron chi connectivity index (χ4n) is 1.24. The number of ether oxygens (including phenoxy) is 1. The molecule has 2 rings (SSSR count). The largest absolute Gasteiger partial charge is 0.487 e. The molecule has 0 bridgehead atoms. The Morgan fingerprint density at radius 2 is 2.12 bits per heavy atom. The van der Waals surface area contributed by atoms with Crippen LogP contribution in [-0.4, -0.2) is 12.8 Å². The van der Waals surface area contributed by atoms with Gasteiger partial charge in [-0.3, -0.25) is 4.98 Å². The van der Waals surface area contributed by atoms with Crippen molar-refractivity contribution >= 4 is 13.3 Å². The Morgan fingerprint density at radius 1 is 1.25 bits per heavy atom. The van der Waals surface area contributed by atoms with E-state index in [-0.39, 0.29) is 5.46 Å². The predicted molar refractivity (Wildman–Crippen MR) is 60.4 cm³/mol. The number of aromatic nitrogens is 1. The Balaban J connectivity index is 2.03. The van der Waals surface area contributed by atoms with Crippen molar-refractivity contribution in [3.8, 4) is 5.75 Å². The zero-order valence-corrected chi connectivity index (χ0v) is 8.56. The molecule has 0 amide bonds. The summed E-state index contributed by atoms with van der Waals surface area (Å²) in [5.41, 5.74) is 0.907. The van der Waals surface area contributed by atoms with Crippen molar-refractivity contribution in [3.05, 3.63) is 54.1 Å². The van der Waals surface area contributed by atoms with Gasteiger partial charge in [0.1, 0.15) is 26.0 Å². The average molecular weight is 213 g/mol. The van der Waals surface area contributed by atoms with Crippen LogP contribution in [0.2, 0.25) is 0 Å². The second kappa shape index (κ2) is 4.79. The van der Waals surface area contributed by atoms with Gasteiger partial charge in [-0.05, 0) is 18.2 Å². The molecule has 1 aromatic carbocycles. The van der Waals surface area contributed by atoms with E-state index in [0.29, 0.717) is 12.4 Å². The van der Waals surface area contributed by atoms with Gasteiger partial charge in [0.25, 0.3) is 0 Å². The third-order valence-electron chi connectivity index (χ3n) is 2.08. The number of pyridine rings is 1. The molecule has 2 radical (unpaired) electrons. The smallest absolute Gasteiger partial charge is 0.130 e. The summed E-state index contributed by atoms with van der Waals surface area (Å²) in [6.45, 7) is 0.310. The third kappa shape index (κ3) is 2.60. The first-order valence-electron chi connectivity index (χ1n) is 4.83. The zero-order chi connectivity index (χ0) is 11.4. The van der Waals surface area contributed by atoms with Gasteiger partial charge in [0.2, 0.25) is 0 Å². The van der Waals surface area contributed by atoms with E-state index in [4.69, 9.17) is 12.6 Å². The molecule has 0 N–H and O–H groups in total. The molecule has 4 heteroatoms. The van der Waals surface area contributed by atoms with E-state index in [2.05, 4.69) is 4.98 Å². The summed E-state index contributed by atoms with van der Waals surface area (Å²) in [4.78, 5) is 4.09. The molecular formula is C12H9BFNO. The second-order valence-corrected chi connectivity index (χ2v) is 3.29. The Kier molecular flexibility index (Phi) is 3.20. The summed E-state index contributed by atoms with van der Waals surface area (Å²) < 4.78 is 18.5. The lowest BCUT2D eigenvalue weighted by atomic mass is 9.96. The molecule has 0 aliphatic carbocycles. The highest BCUT2D eigenvalue weighted by Gasteiger charge is 2.00. The maximum atomic E-state index is 13.1. The number of benzene rings is 1. The Morgan fingerprint density at radius 3 is 2.81 bits per heavy atom. The molecule has 0 aliphatic heterocycles. The first kappa shape index (κ1) is 10.7. The van der Waals surface area contributed by atoms with Gasteiger partial charge in [-0.15, -0.1) is 0 Å². The van der Waals surface area contributed by atoms with Crippen LogP contribution >= 0.6 is 0 Å². The van der Waals surface area contributed by atoms with Crippen molar-refractivity contribution in [2.75, 3.05) is 0 Å². The maximum Gasteiger partial charge on any atom is 0.130 e. The summed E-state index contributed by atoms with van der Waals surface area (Å²) in [7, 11) is 5.35. The molecule has 1 aromatic heterocycles. The van der Waals surface area contributed by atoms with Crippen molar-refractivity contribution in [1.29, 1.82) is 0 Å². The van der Waals surface area contributed by atoms with Crippen LogP contribution in [0.15, 0.2) is 42.6 Å². The molecule has 1 heterocycles. The van der Waals surface area contributed by atoms with Crippen molar-refractivity contribution in [2.45, 2.75) is 6.61 Å². The van der Waals surface area contributed by atoms with Crippen molar-refractivity contribution < 1.29 is 9.13 Å². The molecule has 2 aromatic rings. The van der Waals surface area contributed by atoms with Gasteiger partial charge >= 0.3 is 0 Å². The summed E-state index contributed by atoms with van der Waals surface area (Å²) >= 11 is 0. The van der Waals surface area contributed by atoms with Crippen molar-refractivity contribution in [3.63, 3.8) is 0 Å². The Labute approximate surface area is 94.5 Å². The molecule has 0 saturated heterocycles. The molecule has 78 valence electrons. The monoisotopic (exact) mass is 213 g/mol. The van der Waals surface area contributed by atoms with Gasteiger partial charge in [-0.2, -0.15) is 0 Å². The van der Waals surface area contributed by atoms with E-state index >= 15 is 0 Å². The van der Waals surface area contributed by atoms with Crippen LogP contribution in [0.25, 0.3) is 0 Å². The minimum atomic E-state index is -0.474.